The molecule has 1 saturated heterocycles. The van der Waals surface area contributed by atoms with E-state index in [1.54, 1.807) is 17.0 Å². The maximum Gasteiger partial charge on any atom is 0.290 e. The Morgan fingerprint density at radius 3 is 2.59 bits per heavy atom. The van der Waals surface area contributed by atoms with Crippen molar-refractivity contribution in [3.63, 3.8) is 0 Å². The molecule has 3 heterocycles. The first kappa shape index (κ1) is 21.4. The Morgan fingerprint density at radius 1 is 1.17 bits per heavy atom. The third kappa shape index (κ3) is 4.65. The van der Waals surface area contributed by atoms with E-state index in [1.165, 1.54) is 6.26 Å². The highest BCUT2D eigenvalue weighted by atomic mass is 35.5. The molecule has 2 amide bonds. The van der Waals surface area contributed by atoms with Crippen molar-refractivity contribution in [2.75, 3.05) is 19.6 Å². The summed E-state index contributed by atoms with van der Waals surface area (Å²) in [5, 5.41) is 6.50. The summed E-state index contributed by atoms with van der Waals surface area (Å²) in [6.07, 6.45) is 4.08. The van der Waals surface area contributed by atoms with E-state index in [9.17, 15) is 9.59 Å². The number of piperidine rings is 1. The fraction of sp³-hybridized carbons (Fsp3) is 0.455. The van der Waals surface area contributed by atoms with Gasteiger partial charge in [-0.05, 0) is 54.6 Å². The highest BCUT2D eigenvalue weighted by molar-refractivity contribution is 5.96. The zero-order valence-electron chi connectivity index (χ0n) is 16.6. The van der Waals surface area contributed by atoms with Gasteiger partial charge in [-0.2, -0.15) is 0 Å². The van der Waals surface area contributed by atoms with E-state index in [0.29, 0.717) is 19.5 Å². The van der Waals surface area contributed by atoms with Gasteiger partial charge in [-0.25, -0.2) is 0 Å². The fourth-order valence-electron chi connectivity index (χ4n) is 4.14. The van der Waals surface area contributed by atoms with Gasteiger partial charge in [-0.15, -0.1) is 12.4 Å². The first-order valence-corrected chi connectivity index (χ1v) is 9.95. The first-order chi connectivity index (χ1) is 13.6. The normalized spacial score (nSPS) is 20.3. The van der Waals surface area contributed by atoms with E-state index >= 15 is 0 Å². The van der Waals surface area contributed by atoms with Crippen LogP contribution in [0.3, 0.4) is 0 Å². The number of nitrogens with one attached hydrogen (secondary N) is 2. The smallest absolute Gasteiger partial charge is 0.290 e. The summed E-state index contributed by atoms with van der Waals surface area (Å²) in [5.41, 5.74) is 2.31. The van der Waals surface area contributed by atoms with Gasteiger partial charge in [0.1, 0.15) is 6.04 Å². The number of carbonyl (C=O) groups excluding carboxylic acids is 2. The monoisotopic (exact) mass is 417 g/mol. The molecular weight excluding hydrogens is 390 g/mol. The lowest BCUT2D eigenvalue weighted by molar-refractivity contribution is -0.126. The largest absolute Gasteiger partial charge is 0.459 e. The van der Waals surface area contributed by atoms with Crippen molar-refractivity contribution in [3.05, 3.63) is 59.5 Å². The van der Waals surface area contributed by atoms with E-state index in [2.05, 4.69) is 17.6 Å². The number of hydrogen-bond acceptors (Lipinski definition) is 4. The standard InChI is InChI=1S/C22H27N3O3.ClH/c1-22(8-10-23-11-9-22)15-24-20(26)18-13-16-5-2-3-6-17(16)14-25(18)21(27)19-7-4-12-28-19;/h2-7,12,18,23H,8-11,13-15H2,1H3,(H,24,26);1H. The lowest BCUT2D eigenvalue weighted by atomic mass is 9.81. The predicted octanol–water partition coefficient (Wildman–Crippen LogP) is 2.77. The molecule has 2 N–H and O–H groups in total. The summed E-state index contributed by atoms with van der Waals surface area (Å²) in [4.78, 5) is 27.8. The van der Waals surface area contributed by atoms with Crippen molar-refractivity contribution >= 4 is 24.2 Å². The topological polar surface area (TPSA) is 74.6 Å². The fourth-order valence-corrected chi connectivity index (χ4v) is 4.14. The second-order valence-electron chi connectivity index (χ2n) is 8.18. The highest BCUT2D eigenvalue weighted by Gasteiger charge is 2.37. The average Bonchev–Trinajstić information content (AvgIpc) is 3.26. The molecule has 29 heavy (non-hydrogen) atoms. The van der Waals surface area contributed by atoms with Gasteiger partial charge in [-0.1, -0.05) is 31.2 Å². The molecule has 6 nitrogen and oxygen atoms in total. The summed E-state index contributed by atoms with van der Waals surface area (Å²) in [7, 11) is 0. The van der Waals surface area contributed by atoms with Crippen LogP contribution in [-0.4, -0.2) is 42.4 Å². The molecule has 0 saturated carbocycles. The number of fused-ring (bicyclic) bond motifs is 1. The number of rotatable bonds is 4. The maximum absolute atomic E-state index is 13.1. The van der Waals surface area contributed by atoms with Crippen LogP contribution in [0.4, 0.5) is 0 Å². The van der Waals surface area contributed by atoms with E-state index in [4.69, 9.17) is 4.42 Å². The summed E-state index contributed by atoms with van der Waals surface area (Å²) in [6, 6.07) is 10.8. The molecule has 1 aromatic heterocycles. The molecule has 1 aromatic carbocycles. The maximum atomic E-state index is 13.1. The molecule has 7 heteroatoms. The van der Waals surface area contributed by atoms with Crippen molar-refractivity contribution in [2.24, 2.45) is 5.41 Å². The van der Waals surface area contributed by atoms with Crippen molar-refractivity contribution < 1.29 is 14.0 Å². The molecule has 2 aromatic rings. The van der Waals surface area contributed by atoms with Crippen LogP contribution in [0.1, 0.15) is 41.4 Å². The SMILES string of the molecule is CC1(CNC(=O)C2Cc3ccccc3CN2C(=O)c2ccco2)CCNCC1.Cl. The lowest BCUT2D eigenvalue weighted by Crippen LogP contribution is -2.54. The Bertz CT molecular complexity index is 847. The zero-order chi connectivity index (χ0) is 19.6. The van der Waals surface area contributed by atoms with Crippen molar-refractivity contribution in [1.29, 1.82) is 0 Å². The molecule has 0 aliphatic carbocycles. The number of benzene rings is 1. The quantitative estimate of drug-likeness (QED) is 0.802. The Labute approximate surface area is 177 Å². The molecule has 0 bridgehead atoms. The van der Waals surface area contributed by atoms with E-state index in [0.717, 1.165) is 37.1 Å². The molecule has 2 aliphatic rings. The molecule has 2 aliphatic heterocycles. The van der Waals surface area contributed by atoms with Gasteiger partial charge >= 0.3 is 0 Å². The van der Waals surface area contributed by atoms with Gasteiger partial charge in [0, 0.05) is 19.5 Å². The van der Waals surface area contributed by atoms with Crippen LogP contribution >= 0.6 is 12.4 Å². The van der Waals surface area contributed by atoms with Gasteiger partial charge in [0.2, 0.25) is 5.91 Å². The molecule has 1 atom stereocenters. The van der Waals surface area contributed by atoms with Crippen LogP contribution in [0.15, 0.2) is 47.1 Å². The van der Waals surface area contributed by atoms with E-state index in [-0.39, 0.29) is 35.4 Å². The second-order valence-corrected chi connectivity index (χ2v) is 8.18. The molecule has 156 valence electrons. The van der Waals surface area contributed by atoms with Crippen LogP contribution in [-0.2, 0) is 17.8 Å². The second kappa shape index (κ2) is 9.01. The van der Waals surface area contributed by atoms with Crippen LogP contribution < -0.4 is 10.6 Å². The first-order valence-electron chi connectivity index (χ1n) is 9.95. The molecule has 0 radical (unpaired) electrons. The third-order valence-corrected chi connectivity index (χ3v) is 6.04. The number of halogens is 1. The molecule has 1 unspecified atom stereocenters. The summed E-state index contributed by atoms with van der Waals surface area (Å²) in [6.45, 7) is 5.22. The summed E-state index contributed by atoms with van der Waals surface area (Å²) in [5.74, 6) is -0.0654. The third-order valence-electron chi connectivity index (χ3n) is 6.04. The van der Waals surface area contributed by atoms with Gasteiger partial charge in [0.15, 0.2) is 5.76 Å². The Morgan fingerprint density at radius 2 is 1.90 bits per heavy atom. The van der Waals surface area contributed by atoms with Crippen molar-refractivity contribution in [1.82, 2.24) is 15.5 Å². The minimum atomic E-state index is -0.530. The van der Waals surface area contributed by atoms with Crippen molar-refractivity contribution in [3.8, 4) is 0 Å². The van der Waals surface area contributed by atoms with Crippen molar-refractivity contribution in [2.45, 2.75) is 38.8 Å². The number of hydrogen-bond donors (Lipinski definition) is 2. The predicted molar refractivity (Wildman–Crippen MR) is 113 cm³/mol. The van der Waals surface area contributed by atoms with Gasteiger partial charge in [0.25, 0.3) is 5.91 Å². The number of furan rings is 1. The average molecular weight is 418 g/mol. The lowest BCUT2D eigenvalue weighted by Gasteiger charge is -2.38. The van der Waals surface area contributed by atoms with Crippen LogP contribution in [0, 0.1) is 5.41 Å². The zero-order valence-corrected chi connectivity index (χ0v) is 17.5. The summed E-state index contributed by atoms with van der Waals surface area (Å²) >= 11 is 0. The van der Waals surface area contributed by atoms with Gasteiger partial charge in [0.05, 0.1) is 6.26 Å². The number of amides is 2. The van der Waals surface area contributed by atoms with E-state index in [1.807, 2.05) is 24.3 Å². The van der Waals surface area contributed by atoms with Gasteiger partial charge in [-0.3, -0.25) is 9.59 Å². The Hall–Kier alpha value is -2.31. The van der Waals surface area contributed by atoms with Gasteiger partial charge < -0.3 is 20.0 Å². The van der Waals surface area contributed by atoms with Crippen LogP contribution in [0.2, 0.25) is 0 Å². The number of nitrogens with zero attached hydrogens (tertiary/aromatic N) is 1. The minimum absolute atomic E-state index is 0. The highest BCUT2D eigenvalue weighted by Crippen LogP contribution is 2.28. The number of carbonyl (C=O) groups is 2. The minimum Gasteiger partial charge on any atom is -0.459 e. The van der Waals surface area contributed by atoms with Crippen LogP contribution in [0.25, 0.3) is 0 Å². The molecular formula is C22H28ClN3O3. The Kier molecular flexibility index (Phi) is 6.65. The molecule has 0 spiro atoms. The Balaban J connectivity index is 0.00000240. The van der Waals surface area contributed by atoms with E-state index < -0.39 is 6.04 Å². The summed E-state index contributed by atoms with van der Waals surface area (Å²) < 4.78 is 5.31. The molecule has 4 rings (SSSR count). The molecule has 1 fully saturated rings. The van der Waals surface area contributed by atoms with Crippen LogP contribution in [0.5, 0.6) is 0 Å².